The highest BCUT2D eigenvalue weighted by Gasteiger charge is 2.29. The molecule has 2 amide bonds. The van der Waals surface area contributed by atoms with Crippen LogP contribution in [-0.2, 0) is 14.3 Å². The molecule has 0 saturated carbocycles. The summed E-state index contributed by atoms with van der Waals surface area (Å²) < 4.78 is 5.55. The first-order valence-corrected chi connectivity index (χ1v) is 11.2. The summed E-state index contributed by atoms with van der Waals surface area (Å²) in [6, 6.07) is 14.4. The molecule has 2 atom stereocenters. The number of carbonyl (C=O) groups excluding carboxylic acids is 2. The number of carboxylic acid groups (broad SMARTS) is 1. The van der Waals surface area contributed by atoms with Crippen LogP contribution in [0.5, 0.6) is 0 Å². The monoisotopic (exact) mass is 454 g/mol. The molecule has 1 aliphatic carbocycles. The first-order valence-electron chi connectivity index (χ1n) is 11.2. The Hall–Kier alpha value is -3.39. The molecule has 4 N–H and O–H groups in total. The van der Waals surface area contributed by atoms with Crippen LogP contribution in [0, 0.1) is 0 Å². The van der Waals surface area contributed by atoms with Crippen molar-refractivity contribution in [3.63, 3.8) is 0 Å². The van der Waals surface area contributed by atoms with Gasteiger partial charge in [-0.3, -0.25) is 4.79 Å². The van der Waals surface area contributed by atoms with E-state index in [1.165, 1.54) is 0 Å². The number of amides is 2. The molecule has 1 aliphatic rings. The molecule has 0 unspecified atom stereocenters. The largest absolute Gasteiger partial charge is 0.480 e. The van der Waals surface area contributed by atoms with E-state index in [0.717, 1.165) is 28.7 Å². The Morgan fingerprint density at radius 3 is 2.12 bits per heavy atom. The summed E-state index contributed by atoms with van der Waals surface area (Å²) in [5, 5.41) is 23.2. The third-order valence-electron chi connectivity index (χ3n) is 5.79. The zero-order chi connectivity index (χ0) is 23.8. The average molecular weight is 455 g/mol. The van der Waals surface area contributed by atoms with E-state index in [-0.39, 0.29) is 32.0 Å². The molecule has 176 valence electrons. The fraction of sp³-hybridized carbons (Fsp3) is 0.400. The van der Waals surface area contributed by atoms with Gasteiger partial charge in [-0.05, 0) is 28.7 Å². The van der Waals surface area contributed by atoms with E-state index in [1.54, 1.807) is 0 Å². The van der Waals surface area contributed by atoms with Gasteiger partial charge in [-0.15, -0.1) is 0 Å². The van der Waals surface area contributed by atoms with Gasteiger partial charge in [0.1, 0.15) is 12.6 Å². The van der Waals surface area contributed by atoms with Crippen molar-refractivity contribution in [3.8, 4) is 11.1 Å². The van der Waals surface area contributed by atoms with Crippen molar-refractivity contribution in [3.05, 3.63) is 59.7 Å². The zero-order valence-electron chi connectivity index (χ0n) is 18.6. The van der Waals surface area contributed by atoms with Crippen LogP contribution >= 0.6 is 0 Å². The van der Waals surface area contributed by atoms with E-state index in [0.29, 0.717) is 6.42 Å². The van der Waals surface area contributed by atoms with E-state index in [4.69, 9.17) is 14.9 Å². The molecule has 8 nitrogen and oxygen atoms in total. The number of carboxylic acids is 1. The smallest absolute Gasteiger partial charge is 0.407 e. The molecule has 0 aromatic heterocycles. The lowest BCUT2D eigenvalue weighted by molar-refractivity contribution is -0.142. The lowest BCUT2D eigenvalue weighted by Crippen LogP contribution is -2.45. The van der Waals surface area contributed by atoms with Gasteiger partial charge in [-0.1, -0.05) is 61.9 Å². The standard InChI is InChI=1S/C25H30N2O6/c1-2-7-16(14-23(29)27-22(12-13-28)24(30)31)26-25(32)33-15-21-19-10-5-3-8-17(19)18-9-4-6-11-20(18)21/h3-6,8-11,16,21-22,28H,2,7,12-15H2,1H3,(H,26,32)(H,27,29)(H,30,31)/t16-,22-/m1/s1. The molecule has 0 fully saturated rings. The molecular weight excluding hydrogens is 424 g/mol. The van der Waals surface area contributed by atoms with Crippen LogP contribution in [0.2, 0.25) is 0 Å². The van der Waals surface area contributed by atoms with Crippen molar-refractivity contribution < 1.29 is 29.3 Å². The number of nitrogens with one attached hydrogen (secondary N) is 2. The van der Waals surface area contributed by atoms with Crippen molar-refractivity contribution >= 4 is 18.0 Å². The van der Waals surface area contributed by atoms with Crippen molar-refractivity contribution in [2.24, 2.45) is 0 Å². The zero-order valence-corrected chi connectivity index (χ0v) is 18.6. The lowest BCUT2D eigenvalue weighted by Gasteiger charge is -2.20. The van der Waals surface area contributed by atoms with Crippen LogP contribution in [0.15, 0.2) is 48.5 Å². The summed E-state index contributed by atoms with van der Waals surface area (Å²) in [4.78, 5) is 36.0. The summed E-state index contributed by atoms with van der Waals surface area (Å²) in [6.07, 6.45) is 0.482. The molecular formula is C25H30N2O6. The molecule has 2 aromatic rings. The number of fused-ring (bicyclic) bond motifs is 3. The number of alkyl carbamates (subject to hydrolysis) is 1. The maximum Gasteiger partial charge on any atom is 0.407 e. The van der Waals surface area contributed by atoms with Gasteiger partial charge in [0.2, 0.25) is 5.91 Å². The minimum absolute atomic E-state index is 0.0640. The summed E-state index contributed by atoms with van der Waals surface area (Å²) in [6.45, 7) is 1.74. The van der Waals surface area contributed by atoms with Gasteiger partial charge in [0, 0.05) is 31.4 Å². The van der Waals surface area contributed by atoms with Gasteiger partial charge in [0.05, 0.1) is 0 Å². The van der Waals surface area contributed by atoms with Crippen molar-refractivity contribution in [1.29, 1.82) is 0 Å². The Morgan fingerprint density at radius 2 is 1.58 bits per heavy atom. The predicted octanol–water partition coefficient (Wildman–Crippen LogP) is 3.04. The highest BCUT2D eigenvalue weighted by molar-refractivity contribution is 5.84. The van der Waals surface area contributed by atoms with Gasteiger partial charge in [-0.2, -0.15) is 0 Å². The van der Waals surface area contributed by atoms with Crippen LogP contribution < -0.4 is 10.6 Å². The summed E-state index contributed by atoms with van der Waals surface area (Å²) in [5.74, 6) is -1.78. The molecule has 0 radical (unpaired) electrons. The number of carbonyl (C=O) groups is 3. The summed E-state index contributed by atoms with van der Waals surface area (Å²) in [5.41, 5.74) is 4.50. The molecule has 0 aliphatic heterocycles. The van der Waals surface area contributed by atoms with Crippen molar-refractivity contribution in [1.82, 2.24) is 10.6 Å². The molecule has 0 saturated heterocycles. The number of ether oxygens (including phenoxy) is 1. The minimum Gasteiger partial charge on any atom is -0.480 e. The van der Waals surface area contributed by atoms with Gasteiger partial charge in [-0.25, -0.2) is 9.59 Å². The topological polar surface area (TPSA) is 125 Å². The number of hydrogen-bond donors (Lipinski definition) is 4. The lowest BCUT2D eigenvalue weighted by atomic mass is 9.98. The Morgan fingerprint density at radius 1 is 0.970 bits per heavy atom. The second-order valence-corrected chi connectivity index (χ2v) is 8.13. The highest BCUT2D eigenvalue weighted by atomic mass is 16.5. The fourth-order valence-electron chi connectivity index (χ4n) is 4.24. The first kappa shape index (κ1) is 24.3. The third-order valence-corrected chi connectivity index (χ3v) is 5.79. The van der Waals surface area contributed by atoms with Crippen molar-refractivity contribution in [2.45, 2.75) is 50.6 Å². The molecule has 0 spiro atoms. The number of aliphatic hydroxyl groups is 1. The maximum atomic E-state index is 12.5. The SMILES string of the molecule is CCC[C@H](CC(=O)N[C@H](CCO)C(=O)O)NC(=O)OCC1c2ccccc2-c2ccccc21. The molecule has 0 bridgehead atoms. The second kappa shape index (κ2) is 11.5. The number of benzene rings is 2. The van der Waals surface area contributed by atoms with E-state index in [2.05, 4.69) is 22.8 Å². The van der Waals surface area contributed by atoms with E-state index in [9.17, 15) is 14.4 Å². The van der Waals surface area contributed by atoms with E-state index < -0.39 is 30.1 Å². The summed E-state index contributed by atoms with van der Waals surface area (Å²) >= 11 is 0. The second-order valence-electron chi connectivity index (χ2n) is 8.13. The van der Waals surface area contributed by atoms with Crippen molar-refractivity contribution in [2.75, 3.05) is 13.2 Å². The highest BCUT2D eigenvalue weighted by Crippen LogP contribution is 2.44. The Bertz CT molecular complexity index is 947. The predicted molar refractivity (Wildman–Crippen MR) is 123 cm³/mol. The molecule has 8 heteroatoms. The average Bonchev–Trinajstić information content (AvgIpc) is 3.11. The van der Waals surface area contributed by atoms with Crippen LogP contribution in [0.25, 0.3) is 11.1 Å². The number of aliphatic hydroxyl groups excluding tert-OH is 1. The fourth-order valence-corrected chi connectivity index (χ4v) is 4.24. The Balaban J connectivity index is 1.58. The molecule has 0 heterocycles. The van der Waals surface area contributed by atoms with Crippen LogP contribution in [0.4, 0.5) is 4.79 Å². The van der Waals surface area contributed by atoms with Gasteiger partial charge in [0.25, 0.3) is 0 Å². The normalized spacial score (nSPS) is 14.0. The maximum absolute atomic E-state index is 12.5. The Kier molecular flexibility index (Phi) is 8.43. The molecule has 2 aromatic carbocycles. The third kappa shape index (κ3) is 6.10. The number of rotatable bonds is 11. The molecule has 3 rings (SSSR count). The number of aliphatic carboxylic acids is 1. The van der Waals surface area contributed by atoms with Gasteiger partial charge >= 0.3 is 12.1 Å². The van der Waals surface area contributed by atoms with E-state index in [1.807, 2.05) is 43.3 Å². The van der Waals surface area contributed by atoms with Crippen LogP contribution in [0.3, 0.4) is 0 Å². The van der Waals surface area contributed by atoms with Crippen LogP contribution in [-0.4, -0.2) is 53.5 Å². The minimum atomic E-state index is -1.21. The quantitative estimate of drug-likeness (QED) is 0.414. The van der Waals surface area contributed by atoms with Crippen LogP contribution in [0.1, 0.15) is 49.7 Å². The number of hydrogen-bond acceptors (Lipinski definition) is 5. The molecule has 33 heavy (non-hydrogen) atoms. The van der Waals surface area contributed by atoms with Gasteiger partial charge < -0.3 is 25.6 Å². The van der Waals surface area contributed by atoms with E-state index >= 15 is 0 Å². The first-order chi connectivity index (χ1) is 15.9. The summed E-state index contributed by atoms with van der Waals surface area (Å²) in [7, 11) is 0. The van der Waals surface area contributed by atoms with Gasteiger partial charge in [0.15, 0.2) is 0 Å². The Labute approximate surface area is 193 Å².